The summed E-state index contributed by atoms with van der Waals surface area (Å²) >= 11 is 0. The maximum atomic E-state index is 14.0. The first-order valence-electron chi connectivity index (χ1n) is 30.1. The van der Waals surface area contributed by atoms with Crippen molar-refractivity contribution in [3.8, 4) is 11.4 Å². The van der Waals surface area contributed by atoms with Crippen molar-refractivity contribution in [1.82, 2.24) is 60.8 Å². The van der Waals surface area contributed by atoms with Gasteiger partial charge < -0.3 is 65.0 Å². The second kappa shape index (κ2) is 30.5. The Hall–Kier alpha value is -7.56. The number of ether oxygens (including phenoxy) is 3. The molecule has 456 valence electrons. The van der Waals surface area contributed by atoms with Crippen molar-refractivity contribution in [3.63, 3.8) is 0 Å². The Bertz CT molecular complexity index is 3040. The van der Waals surface area contributed by atoms with Gasteiger partial charge in [-0.2, -0.15) is 0 Å². The van der Waals surface area contributed by atoms with E-state index >= 15 is 0 Å². The molecule has 6 heterocycles. The van der Waals surface area contributed by atoms with Crippen LogP contribution in [0.3, 0.4) is 0 Å². The van der Waals surface area contributed by atoms with Gasteiger partial charge in [0.05, 0.1) is 96.5 Å². The summed E-state index contributed by atoms with van der Waals surface area (Å²) in [6, 6.07) is 17.0. The molecule has 2 aromatic carbocycles. The Kier molecular flexibility index (Phi) is 22.8. The average Bonchev–Trinajstić information content (AvgIpc) is 3.54. The van der Waals surface area contributed by atoms with Gasteiger partial charge in [-0.15, -0.1) is 0 Å². The van der Waals surface area contributed by atoms with Crippen LogP contribution in [0.4, 0.5) is 0 Å². The quantitative estimate of drug-likeness (QED) is 0.0277. The maximum absolute atomic E-state index is 14.0. The number of hydrogen-bond acceptors (Lipinski definition) is 13. The fourth-order valence-electron chi connectivity index (χ4n) is 11.1. The van der Waals surface area contributed by atoms with Gasteiger partial charge in [0.25, 0.3) is 11.8 Å². The molecule has 6 amide bonds. The van der Waals surface area contributed by atoms with Crippen LogP contribution in [0.15, 0.2) is 97.8 Å². The molecule has 0 saturated carbocycles. The van der Waals surface area contributed by atoms with Gasteiger partial charge in [-0.3, -0.25) is 38.7 Å². The van der Waals surface area contributed by atoms with Crippen molar-refractivity contribution in [1.29, 1.82) is 0 Å². The summed E-state index contributed by atoms with van der Waals surface area (Å²) in [6.45, 7) is 15.8. The third-order valence-corrected chi connectivity index (χ3v) is 16.2. The zero-order valence-electron chi connectivity index (χ0n) is 50.5. The Morgan fingerprint density at radius 3 is 1.32 bits per heavy atom. The lowest BCUT2D eigenvalue weighted by atomic mass is 10.00. The van der Waals surface area contributed by atoms with Crippen LogP contribution in [-0.2, 0) is 33.4 Å². The van der Waals surface area contributed by atoms with E-state index < -0.39 is 24.2 Å². The van der Waals surface area contributed by atoms with Crippen molar-refractivity contribution in [2.45, 2.75) is 116 Å². The smallest absolute Gasteiger partial charge is 0.253 e. The average molecular weight is 1170 g/mol. The SMILES string of the molecule is CN[C@@H](C)C(=O)N[C@H](C(=O)N1CCC[C@H]1c1cncc(-n2cc(C(=O)NCCCOCCOCCOCCCNC(=O)c3cn(-c4cncc([C@@H]5CCCN5C(=O)[C@@H](NC(=O)[C@H](C)NC)C(C)C)c4)c4ccccc34)c3ccccc32)c1)C(C)C. The summed E-state index contributed by atoms with van der Waals surface area (Å²) < 4.78 is 21.2. The lowest BCUT2D eigenvalue weighted by Gasteiger charge is -2.32. The van der Waals surface area contributed by atoms with Crippen molar-refractivity contribution in [3.05, 3.63) is 120 Å². The third-order valence-electron chi connectivity index (χ3n) is 16.2. The van der Waals surface area contributed by atoms with Gasteiger partial charge in [0.1, 0.15) is 12.1 Å². The highest BCUT2D eigenvalue weighted by molar-refractivity contribution is 6.08. The van der Waals surface area contributed by atoms with Gasteiger partial charge in [-0.25, -0.2) is 0 Å². The predicted molar refractivity (Wildman–Crippen MR) is 326 cm³/mol. The highest BCUT2D eigenvalue weighted by Crippen LogP contribution is 2.36. The number of carbonyl (C=O) groups excluding carboxylic acids is 6. The molecule has 21 heteroatoms. The van der Waals surface area contributed by atoms with E-state index in [1.54, 1.807) is 52.7 Å². The maximum Gasteiger partial charge on any atom is 0.253 e. The molecule has 0 radical (unpaired) electrons. The summed E-state index contributed by atoms with van der Waals surface area (Å²) in [5.41, 5.74) is 6.10. The van der Waals surface area contributed by atoms with Gasteiger partial charge in [0.2, 0.25) is 23.6 Å². The second-order valence-corrected chi connectivity index (χ2v) is 22.7. The Morgan fingerprint density at radius 2 is 0.929 bits per heavy atom. The minimum absolute atomic E-state index is 0.103. The fourth-order valence-corrected chi connectivity index (χ4v) is 11.1. The number of aromatic nitrogens is 4. The number of pyridine rings is 2. The lowest BCUT2D eigenvalue weighted by molar-refractivity contribution is -0.139. The number of nitrogens with one attached hydrogen (secondary N) is 6. The molecule has 0 aliphatic carbocycles. The van der Waals surface area contributed by atoms with E-state index in [-0.39, 0.29) is 59.4 Å². The van der Waals surface area contributed by atoms with Crippen LogP contribution in [0, 0.1) is 11.8 Å². The van der Waals surface area contributed by atoms with Crippen LogP contribution in [0.2, 0.25) is 0 Å². The fraction of sp³-hybridized carbons (Fsp3) is 0.500. The van der Waals surface area contributed by atoms with E-state index in [4.69, 9.17) is 14.2 Å². The zero-order chi connectivity index (χ0) is 60.6. The first kappa shape index (κ1) is 63.5. The normalized spacial score (nSPS) is 16.7. The van der Waals surface area contributed by atoms with Crippen LogP contribution in [0.25, 0.3) is 33.2 Å². The number of hydrogen-bond donors (Lipinski definition) is 6. The van der Waals surface area contributed by atoms with Gasteiger partial charge in [-0.05, 0) is 114 Å². The number of fused-ring (bicyclic) bond motifs is 2. The predicted octanol–water partition coefficient (Wildman–Crippen LogP) is 6.18. The Labute approximate surface area is 498 Å². The first-order valence-corrected chi connectivity index (χ1v) is 30.1. The summed E-state index contributed by atoms with van der Waals surface area (Å²) in [4.78, 5) is 93.9. The van der Waals surface area contributed by atoms with Crippen LogP contribution in [-0.4, -0.2) is 168 Å². The Balaban J connectivity index is 0.727. The molecule has 8 rings (SSSR count). The lowest BCUT2D eigenvalue weighted by Crippen LogP contribution is -2.54. The first-order chi connectivity index (χ1) is 41.1. The summed E-state index contributed by atoms with van der Waals surface area (Å²) in [6.07, 6.45) is 15.2. The number of rotatable bonds is 30. The van der Waals surface area contributed by atoms with Gasteiger partial charge in [0.15, 0.2) is 0 Å². The molecule has 2 fully saturated rings. The van der Waals surface area contributed by atoms with Gasteiger partial charge in [0, 0.05) is 75.0 Å². The van der Waals surface area contributed by atoms with E-state index in [2.05, 4.69) is 41.9 Å². The molecule has 0 spiro atoms. The summed E-state index contributed by atoms with van der Waals surface area (Å²) in [7, 11) is 3.43. The summed E-state index contributed by atoms with van der Waals surface area (Å²) in [5.74, 6) is -1.25. The molecule has 2 aliphatic heterocycles. The van der Waals surface area contributed by atoms with E-state index in [9.17, 15) is 28.8 Å². The summed E-state index contributed by atoms with van der Waals surface area (Å²) in [5, 5.41) is 19.5. The number of nitrogens with zero attached hydrogens (tertiary/aromatic N) is 6. The van der Waals surface area contributed by atoms with E-state index in [1.807, 2.05) is 120 Å². The van der Waals surface area contributed by atoms with Crippen LogP contribution < -0.4 is 31.9 Å². The van der Waals surface area contributed by atoms with E-state index in [0.717, 1.165) is 70.0 Å². The minimum atomic E-state index is -0.659. The van der Waals surface area contributed by atoms with Crippen LogP contribution >= 0.6 is 0 Å². The molecule has 6 aromatic rings. The zero-order valence-corrected chi connectivity index (χ0v) is 50.5. The molecule has 0 bridgehead atoms. The largest absolute Gasteiger partial charge is 0.379 e. The van der Waals surface area contributed by atoms with Crippen molar-refractivity contribution in [2.75, 3.05) is 79.9 Å². The number of likely N-dealkylation sites (tertiary alicyclic amines) is 2. The molecule has 0 unspecified atom stereocenters. The molecule has 6 N–H and O–H groups in total. The molecule has 4 aromatic heterocycles. The molecular weight excluding hydrogens is 1080 g/mol. The highest BCUT2D eigenvalue weighted by atomic mass is 16.5. The van der Waals surface area contributed by atoms with Crippen molar-refractivity contribution < 1.29 is 43.0 Å². The van der Waals surface area contributed by atoms with Crippen LogP contribution in [0.5, 0.6) is 0 Å². The molecule has 21 nitrogen and oxygen atoms in total. The number of amides is 6. The number of para-hydroxylation sites is 2. The molecular formula is C64H86N12O9. The molecule has 85 heavy (non-hydrogen) atoms. The molecule has 6 atom stereocenters. The van der Waals surface area contributed by atoms with E-state index in [1.165, 1.54) is 0 Å². The number of likely N-dealkylation sites (N-methyl/N-ethyl adjacent to an activating group) is 2. The molecule has 2 aliphatic rings. The van der Waals surface area contributed by atoms with Gasteiger partial charge in [-0.1, -0.05) is 64.1 Å². The topological polar surface area (TPSA) is 244 Å². The van der Waals surface area contributed by atoms with Gasteiger partial charge >= 0.3 is 0 Å². The third kappa shape index (κ3) is 15.7. The van der Waals surface area contributed by atoms with Crippen LogP contribution in [0.1, 0.15) is 124 Å². The van der Waals surface area contributed by atoms with Crippen molar-refractivity contribution >= 4 is 57.2 Å². The molecule has 2 saturated heterocycles. The minimum Gasteiger partial charge on any atom is -0.379 e. The van der Waals surface area contributed by atoms with Crippen molar-refractivity contribution in [2.24, 2.45) is 11.8 Å². The monoisotopic (exact) mass is 1170 g/mol. The highest BCUT2D eigenvalue weighted by Gasteiger charge is 2.38. The Morgan fingerprint density at radius 1 is 0.541 bits per heavy atom. The standard InChI is InChI=1S/C64H86N12O9/c1-41(2)57(71-59(77)43(5)65-7)63(81)73-25-13-21-53(73)45-33-47(37-67-35-45)75-39-51(49-17-9-11-19-55(49)75)61(79)69-23-15-27-83-29-31-85-32-30-84-28-16-24-70-62(80)52-40-76(56-20-12-10-18-50(52)56)48-34-46(36-68-38-48)54-22-14-26-74(54)64(82)58(42(3)4)72-60(78)44(6)66-8/h9-12,17-20,33-44,53-54,57-58,65-66H,13-16,21-32H2,1-8H3,(H,69,79)(H,70,80)(H,71,77)(H,72,78)/t43-,44-,53-,54-,57-,58-/m0/s1. The number of benzene rings is 2. The number of carbonyl (C=O) groups is 6. The second-order valence-electron chi connectivity index (χ2n) is 22.7. The van der Waals surface area contributed by atoms with E-state index in [0.29, 0.717) is 89.8 Å².